The summed E-state index contributed by atoms with van der Waals surface area (Å²) in [7, 11) is 2.50. The Balaban J connectivity index is 1.71. The molecule has 164 valence electrons. The third-order valence-corrected chi connectivity index (χ3v) is 5.45. The van der Waals surface area contributed by atoms with E-state index in [4.69, 9.17) is 21.1 Å². The normalized spacial score (nSPS) is 16.4. The lowest BCUT2D eigenvalue weighted by Gasteiger charge is -2.32. The number of halogens is 1. The Bertz CT molecular complexity index is 944. The standard InChI is InChI=1S/C23H25ClN2O5/c1-30-22(28)17-10-18(23(29)31-2)12-20(11-17)25-21(27)16-6-4-8-26(14-16)13-15-5-3-7-19(24)9-15/h3,5,7,9-12,16H,4,6,8,13-14H2,1-2H3,(H,25,27). The van der Waals surface area contributed by atoms with Gasteiger partial charge in [0, 0.05) is 23.8 Å². The number of benzene rings is 2. The first-order valence-corrected chi connectivity index (χ1v) is 10.4. The van der Waals surface area contributed by atoms with E-state index in [1.165, 1.54) is 32.4 Å². The topological polar surface area (TPSA) is 84.9 Å². The molecule has 1 amide bonds. The number of likely N-dealkylation sites (tertiary alicyclic amines) is 1. The van der Waals surface area contributed by atoms with Gasteiger partial charge in [-0.25, -0.2) is 9.59 Å². The first kappa shape index (κ1) is 22.8. The Morgan fingerprint density at radius 1 is 1.06 bits per heavy atom. The van der Waals surface area contributed by atoms with E-state index in [2.05, 4.69) is 10.2 Å². The molecule has 1 aliphatic rings. The smallest absolute Gasteiger partial charge is 0.337 e. The number of nitrogens with zero attached hydrogens (tertiary/aromatic N) is 1. The van der Waals surface area contributed by atoms with Crippen molar-refractivity contribution in [3.05, 3.63) is 64.2 Å². The van der Waals surface area contributed by atoms with Gasteiger partial charge in [0.15, 0.2) is 0 Å². The number of esters is 2. The fourth-order valence-corrected chi connectivity index (χ4v) is 3.94. The number of nitrogens with one attached hydrogen (secondary N) is 1. The lowest BCUT2D eigenvalue weighted by atomic mass is 9.96. The molecule has 1 aliphatic heterocycles. The second-order valence-corrected chi connectivity index (χ2v) is 7.91. The minimum Gasteiger partial charge on any atom is -0.465 e. The molecule has 0 radical (unpaired) electrons. The highest BCUT2D eigenvalue weighted by Crippen LogP contribution is 2.23. The molecule has 31 heavy (non-hydrogen) atoms. The van der Waals surface area contributed by atoms with Crippen LogP contribution in [-0.4, -0.2) is 50.1 Å². The van der Waals surface area contributed by atoms with Crippen molar-refractivity contribution in [3.63, 3.8) is 0 Å². The molecule has 2 aromatic carbocycles. The van der Waals surface area contributed by atoms with Crippen molar-refractivity contribution >= 4 is 35.1 Å². The highest BCUT2D eigenvalue weighted by molar-refractivity contribution is 6.30. The Morgan fingerprint density at radius 2 is 1.74 bits per heavy atom. The number of rotatable bonds is 6. The van der Waals surface area contributed by atoms with Gasteiger partial charge in [-0.05, 0) is 55.3 Å². The van der Waals surface area contributed by atoms with Gasteiger partial charge in [-0.3, -0.25) is 9.69 Å². The molecule has 8 heteroatoms. The van der Waals surface area contributed by atoms with Crippen LogP contribution >= 0.6 is 11.6 Å². The van der Waals surface area contributed by atoms with Crippen molar-refractivity contribution in [1.29, 1.82) is 0 Å². The second-order valence-electron chi connectivity index (χ2n) is 7.48. The number of methoxy groups -OCH3 is 2. The van der Waals surface area contributed by atoms with Crippen LogP contribution in [0.1, 0.15) is 39.1 Å². The van der Waals surface area contributed by atoms with E-state index in [1.54, 1.807) is 0 Å². The quantitative estimate of drug-likeness (QED) is 0.683. The Labute approximate surface area is 186 Å². The van der Waals surface area contributed by atoms with E-state index >= 15 is 0 Å². The molecule has 0 saturated carbocycles. The third kappa shape index (κ3) is 6.06. The van der Waals surface area contributed by atoms with Gasteiger partial charge in [-0.1, -0.05) is 23.7 Å². The lowest BCUT2D eigenvalue weighted by molar-refractivity contribution is -0.121. The summed E-state index contributed by atoms with van der Waals surface area (Å²) in [6.07, 6.45) is 1.66. The van der Waals surface area contributed by atoms with E-state index in [-0.39, 0.29) is 23.0 Å². The maximum atomic E-state index is 12.9. The first-order valence-electron chi connectivity index (χ1n) is 9.99. The average Bonchev–Trinajstić information content (AvgIpc) is 2.78. The van der Waals surface area contributed by atoms with E-state index < -0.39 is 11.9 Å². The Morgan fingerprint density at radius 3 is 2.35 bits per heavy atom. The third-order valence-electron chi connectivity index (χ3n) is 5.21. The van der Waals surface area contributed by atoms with E-state index in [9.17, 15) is 14.4 Å². The zero-order valence-electron chi connectivity index (χ0n) is 17.5. The molecule has 3 rings (SSSR count). The monoisotopic (exact) mass is 444 g/mol. The molecule has 1 heterocycles. The molecule has 1 fully saturated rings. The summed E-state index contributed by atoms with van der Waals surface area (Å²) in [4.78, 5) is 39.1. The fraction of sp³-hybridized carbons (Fsp3) is 0.348. The highest BCUT2D eigenvalue weighted by Gasteiger charge is 2.26. The van der Waals surface area contributed by atoms with Gasteiger partial charge >= 0.3 is 11.9 Å². The maximum absolute atomic E-state index is 12.9. The van der Waals surface area contributed by atoms with Crippen molar-refractivity contribution in [3.8, 4) is 0 Å². The van der Waals surface area contributed by atoms with E-state index in [0.29, 0.717) is 23.8 Å². The SMILES string of the molecule is COC(=O)c1cc(NC(=O)C2CCCN(Cc3cccc(Cl)c3)C2)cc(C(=O)OC)c1. The Kier molecular flexibility index (Phi) is 7.65. The van der Waals surface area contributed by atoms with E-state index in [1.807, 2.05) is 24.3 Å². The van der Waals surface area contributed by atoms with Crippen molar-refractivity contribution in [1.82, 2.24) is 4.90 Å². The summed E-state index contributed by atoms with van der Waals surface area (Å²) < 4.78 is 9.48. The minimum absolute atomic E-state index is 0.159. The largest absolute Gasteiger partial charge is 0.465 e. The molecule has 0 spiro atoms. The molecular formula is C23H25ClN2O5. The van der Waals surface area contributed by atoms with Crippen LogP contribution in [0.15, 0.2) is 42.5 Å². The summed E-state index contributed by atoms with van der Waals surface area (Å²) in [6.45, 7) is 2.23. The van der Waals surface area contributed by atoms with Crippen molar-refractivity contribution in [2.45, 2.75) is 19.4 Å². The number of carbonyl (C=O) groups excluding carboxylic acids is 3. The van der Waals surface area contributed by atoms with Crippen molar-refractivity contribution in [2.24, 2.45) is 5.92 Å². The molecule has 0 bridgehead atoms. The van der Waals surface area contributed by atoms with Crippen molar-refractivity contribution < 1.29 is 23.9 Å². The molecule has 2 aromatic rings. The van der Waals surface area contributed by atoms with E-state index in [0.717, 1.165) is 24.9 Å². The number of hydrogen-bond acceptors (Lipinski definition) is 6. The molecule has 7 nitrogen and oxygen atoms in total. The van der Waals surface area contributed by atoms with Crippen LogP contribution in [0.3, 0.4) is 0 Å². The van der Waals surface area contributed by atoms with Crippen molar-refractivity contribution in [2.75, 3.05) is 32.6 Å². The highest BCUT2D eigenvalue weighted by atomic mass is 35.5. The van der Waals surface area contributed by atoms with Crippen LogP contribution in [0, 0.1) is 5.92 Å². The lowest BCUT2D eigenvalue weighted by Crippen LogP contribution is -2.40. The van der Waals surface area contributed by atoms with Crippen LogP contribution in [0.4, 0.5) is 5.69 Å². The van der Waals surface area contributed by atoms with Gasteiger partial charge in [-0.15, -0.1) is 0 Å². The predicted molar refractivity (Wildman–Crippen MR) is 117 cm³/mol. The Hall–Kier alpha value is -2.90. The average molecular weight is 445 g/mol. The zero-order valence-corrected chi connectivity index (χ0v) is 18.3. The van der Waals surface area contributed by atoms with Gasteiger partial charge in [0.05, 0.1) is 31.3 Å². The predicted octanol–water partition coefficient (Wildman–Crippen LogP) is 3.76. The van der Waals surface area contributed by atoms with Crippen LogP contribution in [0.2, 0.25) is 5.02 Å². The number of carbonyl (C=O) groups is 3. The molecule has 0 aliphatic carbocycles. The fourth-order valence-electron chi connectivity index (χ4n) is 3.72. The number of ether oxygens (including phenoxy) is 2. The summed E-state index contributed by atoms with van der Waals surface area (Å²) >= 11 is 6.07. The number of hydrogen-bond donors (Lipinski definition) is 1. The minimum atomic E-state index is -0.605. The summed E-state index contributed by atoms with van der Waals surface area (Å²) in [5.41, 5.74) is 1.76. The van der Waals surface area contributed by atoms with Crippen LogP contribution in [0.25, 0.3) is 0 Å². The molecule has 1 atom stereocenters. The van der Waals surface area contributed by atoms with Gasteiger partial charge in [-0.2, -0.15) is 0 Å². The molecule has 0 aromatic heterocycles. The van der Waals surface area contributed by atoms with Gasteiger partial charge < -0.3 is 14.8 Å². The molecule has 1 N–H and O–H groups in total. The van der Waals surface area contributed by atoms with Crippen LogP contribution < -0.4 is 5.32 Å². The summed E-state index contributed by atoms with van der Waals surface area (Å²) in [5, 5.41) is 3.53. The van der Waals surface area contributed by atoms with Crippen LogP contribution in [-0.2, 0) is 20.8 Å². The molecule has 1 unspecified atom stereocenters. The number of piperidine rings is 1. The summed E-state index contributed by atoms with van der Waals surface area (Å²) in [6, 6.07) is 12.0. The first-order chi connectivity index (χ1) is 14.9. The number of anilines is 1. The summed E-state index contributed by atoms with van der Waals surface area (Å²) in [5.74, 6) is -1.58. The van der Waals surface area contributed by atoms with Gasteiger partial charge in [0.2, 0.25) is 5.91 Å². The van der Waals surface area contributed by atoms with Gasteiger partial charge in [0.1, 0.15) is 0 Å². The maximum Gasteiger partial charge on any atom is 0.337 e. The number of amides is 1. The second kappa shape index (κ2) is 10.4. The van der Waals surface area contributed by atoms with Crippen LogP contribution in [0.5, 0.6) is 0 Å². The van der Waals surface area contributed by atoms with Gasteiger partial charge in [0.25, 0.3) is 0 Å². The molecule has 1 saturated heterocycles. The zero-order chi connectivity index (χ0) is 22.4. The molecular weight excluding hydrogens is 420 g/mol.